The van der Waals surface area contributed by atoms with Crippen molar-refractivity contribution in [2.24, 2.45) is 0 Å². The minimum absolute atomic E-state index is 0.301. The molecule has 1 aliphatic heterocycles. The fourth-order valence-corrected chi connectivity index (χ4v) is 4.84. The minimum atomic E-state index is 0.301. The summed E-state index contributed by atoms with van der Waals surface area (Å²) >= 11 is 1.74. The monoisotopic (exact) mass is 403 g/mol. The second-order valence-corrected chi connectivity index (χ2v) is 9.51. The molecular weight excluding hydrogens is 378 g/mol. The molecule has 0 N–H and O–H groups in total. The van der Waals surface area contributed by atoms with Gasteiger partial charge in [-0.3, -0.25) is 9.29 Å². The van der Waals surface area contributed by atoms with Crippen LogP contribution in [0.4, 0.5) is 11.6 Å². The Morgan fingerprint density at radius 2 is 1.86 bits per heavy atom. The molecule has 0 bridgehead atoms. The maximum atomic E-state index is 4.73. The molecule has 1 aliphatic carbocycles. The third kappa shape index (κ3) is 3.40. The first kappa shape index (κ1) is 18.6. The number of fused-ring (bicyclic) bond motifs is 2. The summed E-state index contributed by atoms with van der Waals surface area (Å²) in [6.45, 7) is 3.13. The summed E-state index contributed by atoms with van der Waals surface area (Å²) in [6, 6.07) is 11.0. The van der Waals surface area contributed by atoms with Gasteiger partial charge in [0.1, 0.15) is 0 Å². The molecule has 0 saturated heterocycles. The zero-order chi connectivity index (χ0) is 20.0. The van der Waals surface area contributed by atoms with Crippen molar-refractivity contribution in [3.63, 3.8) is 0 Å². The van der Waals surface area contributed by atoms with Gasteiger partial charge in [0, 0.05) is 46.7 Å². The summed E-state index contributed by atoms with van der Waals surface area (Å²) in [7, 11) is 4.14. The Labute approximate surface area is 176 Å². The van der Waals surface area contributed by atoms with E-state index in [1.807, 2.05) is 18.6 Å². The molecule has 6 heteroatoms. The lowest BCUT2D eigenvalue weighted by atomic mass is 9.99. The Hall–Kier alpha value is -2.44. The van der Waals surface area contributed by atoms with E-state index in [2.05, 4.69) is 65.5 Å². The van der Waals surface area contributed by atoms with E-state index in [1.165, 1.54) is 34.6 Å². The molecule has 148 valence electrons. The van der Waals surface area contributed by atoms with Crippen LogP contribution >= 0.6 is 11.9 Å². The van der Waals surface area contributed by atoms with Crippen LogP contribution in [0.1, 0.15) is 30.9 Å². The highest BCUT2D eigenvalue weighted by Crippen LogP contribution is 2.58. The highest BCUT2D eigenvalue weighted by Gasteiger charge is 2.52. The maximum Gasteiger partial charge on any atom is 0.229 e. The van der Waals surface area contributed by atoms with Crippen molar-refractivity contribution in [2.45, 2.75) is 36.5 Å². The Kier molecular flexibility index (Phi) is 4.56. The molecule has 2 aliphatic rings. The molecule has 3 heterocycles. The number of pyridine rings is 1. The number of nitrogens with zero attached hydrogens (tertiary/aromatic N) is 5. The van der Waals surface area contributed by atoms with Crippen molar-refractivity contribution in [3.8, 4) is 11.3 Å². The van der Waals surface area contributed by atoms with Crippen LogP contribution in [0.3, 0.4) is 0 Å². The van der Waals surface area contributed by atoms with Crippen LogP contribution in [0.5, 0.6) is 0 Å². The van der Waals surface area contributed by atoms with Crippen LogP contribution in [0, 0.1) is 0 Å². The van der Waals surface area contributed by atoms with Crippen molar-refractivity contribution in [3.05, 3.63) is 60.0 Å². The largest absolute Gasteiger partial charge is 0.309 e. The van der Waals surface area contributed by atoms with E-state index < -0.39 is 0 Å². The Bertz CT molecular complexity index is 1040. The van der Waals surface area contributed by atoms with E-state index in [0.717, 1.165) is 30.2 Å². The first-order valence-electron chi connectivity index (χ1n) is 10.1. The summed E-state index contributed by atoms with van der Waals surface area (Å²) < 4.78 is 2.12. The minimum Gasteiger partial charge on any atom is -0.309 e. The lowest BCUT2D eigenvalue weighted by Crippen LogP contribution is -2.21. The predicted octanol–water partition coefficient (Wildman–Crippen LogP) is 4.85. The standard InChI is InChI=1S/C23H25N5S/c1-4-16-7-10-24-20(11-16)17-13-25-22(26-14-17)28-15-23(8-9-23)19-6-5-18(12-21(19)28)29-27(2)3/h5-7,10-14H,4,8-9,15H2,1-3H3. The first-order valence-corrected chi connectivity index (χ1v) is 10.9. The highest BCUT2D eigenvalue weighted by molar-refractivity contribution is 7.97. The van der Waals surface area contributed by atoms with E-state index in [1.54, 1.807) is 11.9 Å². The summed E-state index contributed by atoms with van der Waals surface area (Å²) in [5.41, 5.74) is 6.17. The van der Waals surface area contributed by atoms with Crippen LogP contribution in [0.15, 0.2) is 53.8 Å². The quantitative estimate of drug-likeness (QED) is 0.567. The van der Waals surface area contributed by atoms with Gasteiger partial charge in [-0.15, -0.1) is 0 Å². The molecule has 2 aromatic heterocycles. The third-order valence-corrected chi connectivity index (χ3v) is 6.67. The van der Waals surface area contributed by atoms with Crippen molar-refractivity contribution in [1.82, 2.24) is 19.3 Å². The molecule has 0 atom stereocenters. The van der Waals surface area contributed by atoms with Gasteiger partial charge >= 0.3 is 0 Å². The molecule has 5 rings (SSSR count). The molecule has 0 unspecified atom stereocenters. The van der Waals surface area contributed by atoms with Crippen LogP contribution < -0.4 is 4.90 Å². The average molecular weight is 404 g/mol. The number of aryl methyl sites for hydroxylation is 1. The molecule has 1 saturated carbocycles. The third-order valence-electron chi connectivity index (χ3n) is 5.84. The van der Waals surface area contributed by atoms with Gasteiger partial charge in [0.05, 0.1) is 5.69 Å². The lowest BCUT2D eigenvalue weighted by Gasteiger charge is -2.18. The number of hydrogen-bond donors (Lipinski definition) is 0. The lowest BCUT2D eigenvalue weighted by molar-refractivity contribution is 0.702. The summed E-state index contributed by atoms with van der Waals surface area (Å²) in [4.78, 5) is 17.5. The zero-order valence-electron chi connectivity index (χ0n) is 17.1. The molecule has 1 spiro atoms. The van der Waals surface area contributed by atoms with Gasteiger partial charge in [-0.05, 0) is 80.7 Å². The number of rotatable bonds is 5. The number of anilines is 2. The van der Waals surface area contributed by atoms with Crippen LogP contribution in [-0.4, -0.2) is 39.9 Å². The van der Waals surface area contributed by atoms with Gasteiger partial charge in [-0.2, -0.15) is 0 Å². The second kappa shape index (κ2) is 7.11. The number of hydrogen-bond acceptors (Lipinski definition) is 6. The van der Waals surface area contributed by atoms with Gasteiger partial charge in [0.15, 0.2) is 0 Å². The van der Waals surface area contributed by atoms with E-state index in [9.17, 15) is 0 Å². The summed E-state index contributed by atoms with van der Waals surface area (Å²) in [5.74, 6) is 0.775. The van der Waals surface area contributed by atoms with E-state index in [0.29, 0.717) is 5.41 Å². The van der Waals surface area contributed by atoms with Crippen molar-refractivity contribution in [2.75, 3.05) is 25.5 Å². The predicted molar refractivity (Wildman–Crippen MR) is 119 cm³/mol. The maximum absolute atomic E-state index is 4.73. The van der Waals surface area contributed by atoms with Gasteiger partial charge in [0.2, 0.25) is 5.95 Å². The Morgan fingerprint density at radius 1 is 1.07 bits per heavy atom. The highest BCUT2D eigenvalue weighted by atomic mass is 32.2. The van der Waals surface area contributed by atoms with E-state index in [-0.39, 0.29) is 0 Å². The topological polar surface area (TPSA) is 45.2 Å². The van der Waals surface area contributed by atoms with Gasteiger partial charge < -0.3 is 4.90 Å². The SMILES string of the molecule is CCc1ccnc(-c2cnc(N3CC4(CC4)c4ccc(SN(C)C)cc43)nc2)c1. The fraction of sp³-hybridized carbons (Fsp3) is 0.348. The van der Waals surface area contributed by atoms with Crippen LogP contribution in [0.25, 0.3) is 11.3 Å². The van der Waals surface area contributed by atoms with Crippen LogP contribution in [0.2, 0.25) is 0 Å². The fourth-order valence-electron chi connectivity index (χ4n) is 4.13. The molecule has 29 heavy (non-hydrogen) atoms. The molecule has 1 aromatic carbocycles. The average Bonchev–Trinajstić information content (AvgIpc) is 3.45. The molecule has 0 amide bonds. The van der Waals surface area contributed by atoms with Crippen molar-refractivity contribution < 1.29 is 0 Å². The summed E-state index contributed by atoms with van der Waals surface area (Å²) in [5, 5.41) is 0. The van der Waals surface area contributed by atoms with Crippen LogP contribution in [-0.2, 0) is 11.8 Å². The Morgan fingerprint density at radius 3 is 2.55 bits per heavy atom. The molecule has 1 fully saturated rings. The first-order chi connectivity index (χ1) is 14.1. The smallest absolute Gasteiger partial charge is 0.229 e. The number of benzene rings is 1. The second-order valence-electron chi connectivity index (χ2n) is 8.12. The van der Waals surface area contributed by atoms with Gasteiger partial charge in [-0.25, -0.2) is 9.97 Å². The van der Waals surface area contributed by atoms with Crippen molar-refractivity contribution >= 4 is 23.6 Å². The number of aromatic nitrogens is 3. The van der Waals surface area contributed by atoms with Crippen molar-refractivity contribution in [1.29, 1.82) is 0 Å². The van der Waals surface area contributed by atoms with Gasteiger partial charge in [0.25, 0.3) is 0 Å². The Balaban J connectivity index is 1.47. The molecule has 0 radical (unpaired) electrons. The molecular formula is C23H25N5S. The zero-order valence-corrected chi connectivity index (χ0v) is 17.9. The molecule has 3 aromatic rings. The molecule has 5 nitrogen and oxygen atoms in total. The van der Waals surface area contributed by atoms with E-state index in [4.69, 9.17) is 9.97 Å². The summed E-state index contributed by atoms with van der Waals surface area (Å²) in [6.07, 6.45) is 9.17. The van der Waals surface area contributed by atoms with Gasteiger partial charge in [-0.1, -0.05) is 13.0 Å². The van der Waals surface area contributed by atoms with E-state index >= 15 is 0 Å². The normalized spacial score (nSPS) is 16.5.